The zero-order valence-corrected chi connectivity index (χ0v) is 30.1. The Morgan fingerprint density at radius 2 is 1.06 bits per heavy atom. The van der Waals surface area contributed by atoms with Crippen molar-refractivity contribution in [2.75, 3.05) is 6.61 Å². The van der Waals surface area contributed by atoms with Crippen molar-refractivity contribution in [3.05, 3.63) is 115 Å². The van der Waals surface area contributed by atoms with Gasteiger partial charge in [0.1, 0.15) is 0 Å². The van der Waals surface area contributed by atoms with Gasteiger partial charge in [-0.2, -0.15) is 0 Å². The molecule has 274 valence electrons. The summed E-state index contributed by atoms with van der Waals surface area (Å²) < 4.78 is 75.6. The fourth-order valence-electron chi connectivity index (χ4n) is 6.36. The number of halogens is 6. The number of epoxide rings is 2. The fourth-order valence-corrected chi connectivity index (χ4v) is 9.28. The SMILES string of the molecule is F[P-](F)(F)(F)(F)F.O=C(OCC1CCC2OC2C1)C1CCC2OC2C1.c1ccc(Sc2ccc([S+](c3ccccc3)c3ccccc3)cc2)cc1. The molecule has 0 aromatic heterocycles. The van der Waals surface area contributed by atoms with Crippen LogP contribution in [0, 0.1) is 11.8 Å². The maximum Gasteiger partial charge on any atom is 0.309 e. The predicted octanol–water partition coefficient (Wildman–Crippen LogP) is 12.0. The number of benzene rings is 4. The van der Waals surface area contributed by atoms with E-state index in [2.05, 4.69) is 115 Å². The Bertz CT molecular complexity index is 1690. The van der Waals surface area contributed by atoms with Crippen molar-refractivity contribution in [1.29, 1.82) is 0 Å². The van der Waals surface area contributed by atoms with E-state index in [0.717, 1.165) is 38.5 Å². The maximum absolute atomic E-state index is 12.0. The number of carbonyl (C=O) groups is 1. The quantitative estimate of drug-likeness (QED) is 0.0587. The van der Waals surface area contributed by atoms with Gasteiger partial charge in [-0.3, -0.25) is 4.79 Å². The number of hydrogen-bond donors (Lipinski definition) is 0. The monoisotopic (exact) mass is 768 g/mol. The van der Waals surface area contributed by atoms with Gasteiger partial charge in [0.15, 0.2) is 14.7 Å². The van der Waals surface area contributed by atoms with Gasteiger partial charge < -0.3 is 14.2 Å². The van der Waals surface area contributed by atoms with Crippen molar-refractivity contribution in [2.45, 2.75) is 87.4 Å². The van der Waals surface area contributed by atoms with Crippen LogP contribution in [0.4, 0.5) is 25.2 Å². The smallest absolute Gasteiger partial charge is 0.309 e. The number of hydrogen-bond acceptors (Lipinski definition) is 5. The summed E-state index contributed by atoms with van der Waals surface area (Å²) in [5, 5.41) is 0. The zero-order chi connectivity index (χ0) is 36.1. The topological polar surface area (TPSA) is 51.4 Å². The molecule has 6 atom stereocenters. The van der Waals surface area contributed by atoms with Gasteiger partial charge in [0.25, 0.3) is 0 Å². The Balaban J connectivity index is 0.000000155. The van der Waals surface area contributed by atoms with Crippen molar-refractivity contribution in [1.82, 2.24) is 0 Å². The van der Waals surface area contributed by atoms with Crippen LogP contribution < -0.4 is 0 Å². The minimum absolute atomic E-state index is 0.00258. The second kappa shape index (κ2) is 15.1. The number of fused-ring (bicyclic) bond motifs is 2. The van der Waals surface area contributed by atoms with E-state index < -0.39 is 7.81 Å². The van der Waals surface area contributed by atoms with E-state index >= 15 is 0 Å². The van der Waals surface area contributed by atoms with Crippen LogP contribution in [0.3, 0.4) is 0 Å². The minimum atomic E-state index is -10.7. The number of carbonyl (C=O) groups excluding carboxylic acids is 1. The average molecular weight is 769 g/mol. The second-order valence-corrected chi connectivity index (χ2v) is 18.1. The standard InChI is InChI=1S/C24H19S2.C14H20O4.F6P/c1-4-10-20(11-5-1)25-21-16-18-24(19-17-21)26(22-12-6-2-7-13-22)23-14-8-3-9-15-23;15-14(9-2-4-11-13(6-9)18-11)16-7-8-1-3-10-12(5-8)17-10;1-7(2,3,4,5)6/h1-19H;8-13H,1-7H2;/q+1;;-1. The molecule has 2 aliphatic heterocycles. The molecule has 4 fully saturated rings. The Hall–Kier alpha value is -3.02. The van der Waals surface area contributed by atoms with E-state index in [9.17, 15) is 30.0 Å². The second-order valence-electron chi connectivity index (χ2n) is 13.0. The van der Waals surface area contributed by atoms with Gasteiger partial charge in [0, 0.05) is 9.79 Å². The first-order chi connectivity index (χ1) is 24.1. The molecule has 2 saturated heterocycles. The number of esters is 1. The predicted molar refractivity (Wildman–Crippen MR) is 189 cm³/mol. The molecule has 6 unspecified atom stereocenters. The van der Waals surface area contributed by atoms with Gasteiger partial charge in [-0.05, 0) is 105 Å². The van der Waals surface area contributed by atoms with Crippen molar-refractivity contribution >= 4 is 36.4 Å². The molecule has 4 aromatic rings. The summed E-state index contributed by atoms with van der Waals surface area (Å²) in [5.41, 5.74) is 0. The summed E-state index contributed by atoms with van der Waals surface area (Å²) in [6, 6.07) is 41.1. The van der Waals surface area contributed by atoms with E-state index in [1.807, 2.05) is 0 Å². The molecule has 0 bridgehead atoms. The molecule has 4 aromatic carbocycles. The van der Waals surface area contributed by atoms with Crippen LogP contribution in [0.2, 0.25) is 0 Å². The van der Waals surface area contributed by atoms with Gasteiger partial charge in [-0.25, -0.2) is 0 Å². The fraction of sp³-hybridized carbons (Fsp3) is 0.342. The van der Waals surface area contributed by atoms with Crippen LogP contribution in [0.25, 0.3) is 0 Å². The molecule has 4 aliphatic rings. The summed E-state index contributed by atoms with van der Waals surface area (Å²) >= 11 is 1.80. The van der Waals surface area contributed by atoms with E-state index in [0.29, 0.717) is 36.9 Å². The molecular weight excluding hydrogens is 730 g/mol. The van der Waals surface area contributed by atoms with Crippen LogP contribution >= 0.6 is 19.6 Å². The molecule has 51 heavy (non-hydrogen) atoms. The van der Waals surface area contributed by atoms with Gasteiger partial charge in [-0.1, -0.05) is 66.4 Å². The maximum atomic E-state index is 12.0. The van der Waals surface area contributed by atoms with Crippen molar-refractivity contribution in [3.8, 4) is 0 Å². The number of rotatable bonds is 8. The largest absolute Gasteiger partial charge is 0.465 e. The molecule has 0 radical (unpaired) electrons. The van der Waals surface area contributed by atoms with E-state index in [4.69, 9.17) is 14.2 Å². The molecule has 2 aliphatic carbocycles. The molecule has 8 rings (SSSR count). The first kappa shape index (κ1) is 37.7. The van der Waals surface area contributed by atoms with Crippen LogP contribution in [0.1, 0.15) is 38.5 Å². The molecule has 2 heterocycles. The van der Waals surface area contributed by atoms with Crippen LogP contribution in [0.15, 0.2) is 140 Å². The van der Waals surface area contributed by atoms with Gasteiger partial charge in [0.05, 0.1) is 47.8 Å². The zero-order valence-electron chi connectivity index (χ0n) is 27.5. The summed E-state index contributed by atoms with van der Waals surface area (Å²) in [5.74, 6) is 0.608. The average Bonchev–Trinajstić information content (AvgIpc) is 4.03. The normalized spacial score (nSPS) is 25.9. The molecule has 0 spiro atoms. The summed E-state index contributed by atoms with van der Waals surface area (Å²) in [6.07, 6.45) is 8.03. The van der Waals surface area contributed by atoms with Gasteiger partial charge >= 0.3 is 39.0 Å². The van der Waals surface area contributed by atoms with Gasteiger partial charge in [0.2, 0.25) is 0 Å². The Morgan fingerprint density at radius 3 is 1.57 bits per heavy atom. The molecule has 4 nitrogen and oxygen atoms in total. The third kappa shape index (κ3) is 12.9. The summed E-state index contributed by atoms with van der Waals surface area (Å²) in [6.45, 7) is 0.594. The molecular formula is C38H39F6O4PS2. The Labute approximate surface area is 300 Å². The summed E-state index contributed by atoms with van der Waals surface area (Å²) in [7, 11) is -10.7. The first-order valence-corrected chi connectivity index (χ1v) is 20.9. The minimum Gasteiger partial charge on any atom is -0.465 e. The Kier molecular flexibility index (Phi) is 11.2. The third-order valence-electron chi connectivity index (χ3n) is 8.91. The van der Waals surface area contributed by atoms with E-state index in [-0.39, 0.29) is 22.8 Å². The Morgan fingerprint density at radius 1 is 0.608 bits per heavy atom. The summed E-state index contributed by atoms with van der Waals surface area (Å²) in [4.78, 5) is 18.6. The first-order valence-electron chi connectivity index (χ1n) is 16.9. The van der Waals surface area contributed by atoms with Crippen LogP contribution in [-0.2, 0) is 29.9 Å². The van der Waals surface area contributed by atoms with E-state index in [1.165, 1.54) is 24.5 Å². The van der Waals surface area contributed by atoms with Crippen molar-refractivity contribution in [3.63, 3.8) is 0 Å². The molecule has 0 amide bonds. The van der Waals surface area contributed by atoms with Crippen molar-refractivity contribution < 1.29 is 44.2 Å². The number of ether oxygens (including phenoxy) is 3. The van der Waals surface area contributed by atoms with Gasteiger partial charge in [-0.15, -0.1) is 0 Å². The molecule has 2 saturated carbocycles. The molecule has 0 N–H and O–H groups in total. The third-order valence-corrected chi connectivity index (χ3v) is 12.2. The van der Waals surface area contributed by atoms with E-state index in [1.54, 1.807) is 11.8 Å². The van der Waals surface area contributed by atoms with Crippen molar-refractivity contribution in [2.24, 2.45) is 11.8 Å². The molecule has 13 heteroatoms. The van der Waals surface area contributed by atoms with Crippen LogP contribution in [-0.4, -0.2) is 37.0 Å². The van der Waals surface area contributed by atoms with Crippen LogP contribution in [0.5, 0.6) is 0 Å².